The van der Waals surface area contributed by atoms with Crippen molar-refractivity contribution in [2.45, 2.75) is 40.0 Å². The van der Waals surface area contributed by atoms with Gasteiger partial charge in [0.1, 0.15) is 0 Å². The maximum Gasteiger partial charge on any atom is -0.0348 e. The summed E-state index contributed by atoms with van der Waals surface area (Å²) in [6.07, 6.45) is 8.29. The number of hydrogen-bond donors (Lipinski definition) is 0. The van der Waals surface area contributed by atoms with Gasteiger partial charge in [0.2, 0.25) is 0 Å². The molecule has 0 radical (unpaired) electrons. The molecule has 0 heteroatoms. The van der Waals surface area contributed by atoms with E-state index in [2.05, 4.69) is 32.9 Å². The molecule has 0 spiro atoms. The molecule has 9 heavy (non-hydrogen) atoms. The summed E-state index contributed by atoms with van der Waals surface area (Å²) in [6.45, 7) is 6.64. The van der Waals surface area contributed by atoms with Crippen molar-refractivity contribution >= 4 is 0 Å². The van der Waals surface area contributed by atoms with E-state index < -0.39 is 0 Å². The largest absolute Gasteiger partial charge is 0.0917 e. The van der Waals surface area contributed by atoms with Crippen LogP contribution in [0.25, 0.3) is 0 Å². The molecule has 0 nitrogen and oxygen atoms in total. The SMILES string of the molecule is CC=CCCC(C)CC. The minimum Gasteiger partial charge on any atom is -0.0917 e. The van der Waals surface area contributed by atoms with Gasteiger partial charge in [-0.2, -0.15) is 0 Å². The lowest BCUT2D eigenvalue weighted by Gasteiger charge is -2.03. The summed E-state index contributed by atoms with van der Waals surface area (Å²) in [5, 5.41) is 0. The van der Waals surface area contributed by atoms with Crippen LogP contribution in [0.15, 0.2) is 12.2 Å². The minimum atomic E-state index is 0.904. The van der Waals surface area contributed by atoms with Crippen LogP contribution in [-0.2, 0) is 0 Å². The molecule has 0 saturated heterocycles. The Hall–Kier alpha value is -0.260. The predicted octanol–water partition coefficient (Wildman–Crippen LogP) is 3.39. The third kappa shape index (κ3) is 5.61. The van der Waals surface area contributed by atoms with E-state index in [4.69, 9.17) is 0 Å². The predicted molar refractivity (Wildman–Crippen MR) is 43.5 cm³/mol. The average Bonchev–Trinajstić information content (AvgIpc) is 1.89. The quantitative estimate of drug-likeness (QED) is 0.506. The molecule has 0 rings (SSSR count). The third-order valence-electron chi connectivity index (χ3n) is 1.76. The van der Waals surface area contributed by atoms with Crippen LogP contribution in [0.4, 0.5) is 0 Å². The number of rotatable bonds is 4. The van der Waals surface area contributed by atoms with E-state index in [9.17, 15) is 0 Å². The molecule has 0 aromatic heterocycles. The Balaban J connectivity index is 3.06. The molecule has 0 aromatic rings. The highest BCUT2D eigenvalue weighted by molar-refractivity contribution is 4.76. The summed E-state index contributed by atoms with van der Waals surface area (Å²) in [4.78, 5) is 0. The van der Waals surface area contributed by atoms with Crippen molar-refractivity contribution in [1.82, 2.24) is 0 Å². The average molecular weight is 126 g/mol. The Morgan fingerprint density at radius 3 is 2.56 bits per heavy atom. The van der Waals surface area contributed by atoms with Crippen LogP contribution in [-0.4, -0.2) is 0 Å². The van der Waals surface area contributed by atoms with E-state index in [1.165, 1.54) is 19.3 Å². The maximum absolute atomic E-state index is 2.31. The smallest absolute Gasteiger partial charge is 0.0348 e. The zero-order chi connectivity index (χ0) is 7.11. The second-order valence-corrected chi connectivity index (χ2v) is 2.66. The fourth-order valence-electron chi connectivity index (χ4n) is 0.752. The summed E-state index contributed by atoms with van der Waals surface area (Å²) in [6, 6.07) is 0. The highest BCUT2D eigenvalue weighted by Gasteiger charge is 1.93. The Kier molecular flexibility index (Phi) is 5.70. The molecular formula is C9H18. The highest BCUT2D eigenvalue weighted by atomic mass is 14.0. The van der Waals surface area contributed by atoms with E-state index >= 15 is 0 Å². The second-order valence-electron chi connectivity index (χ2n) is 2.66. The highest BCUT2D eigenvalue weighted by Crippen LogP contribution is 2.08. The Morgan fingerprint density at radius 1 is 1.44 bits per heavy atom. The molecule has 0 amide bonds. The van der Waals surface area contributed by atoms with Crippen LogP contribution in [0.2, 0.25) is 0 Å². The Bertz CT molecular complexity index is 72.1. The first-order chi connectivity index (χ1) is 4.31. The second kappa shape index (κ2) is 5.87. The standard InChI is InChI=1S/C9H18/c1-4-6-7-8-9(3)5-2/h4,6,9H,5,7-8H2,1-3H3. The molecule has 0 N–H and O–H groups in total. The van der Waals surface area contributed by atoms with Crippen molar-refractivity contribution in [1.29, 1.82) is 0 Å². The van der Waals surface area contributed by atoms with Gasteiger partial charge in [0.15, 0.2) is 0 Å². The molecular weight excluding hydrogens is 108 g/mol. The van der Waals surface area contributed by atoms with Crippen molar-refractivity contribution in [2.24, 2.45) is 5.92 Å². The van der Waals surface area contributed by atoms with E-state index in [1.807, 2.05) is 0 Å². The van der Waals surface area contributed by atoms with Gasteiger partial charge in [-0.25, -0.2) is 0 Å². The molecule has 0 bridgehead atoms. The topological polar surface area (TPSA) is 0 Å². The molecule has 54 valence electrons. The fraction of sp³-hybridized carbons (Fsp3) is 0.778. The van der Waals surface area contributed by atoms with Gasteiger partial charge in [0, 0.05) is 0 Å². The summed E-state index contributed by atoms with van der Waals surface area (Å²) < 4.78 is 0. The van der Waals surface area contributed by atoms with Crippen molar-refractivity contribution in [3.63, 3.8) is 0 Å². The maximum atomic E-state index is 2.31. The number of allylic oxidation sites excluding steroid dienone is 2. The summed E-state index contributed by atoms with van der Waals surface area (Å²) in [7, 11) is 0. The van der Waals surface area contributed by atoms with E-state index in [1.54, 1.807) is 0 Å². The van der Waals surface area contributed by atoms with Gasteiger partial charge in [-0.3, -0.25) is 0 Å². The molecule has 0 heterocycles. The normalized spacial score (nSPS) is 14.6. The van der Waals surface area contributed by atoms with Gasteiger partial charge in [-0.05, 0) is 25.7 Å². The lowest BCUT2D eigenvalue weighted by molar-refractivity contribution is 0.521. The van der Waals surface area contributed by atoms with Gasteiger partial charge in [-0.1, -0.05) is 32.4 Å². The van der Waals surface area contributed by atoms with Gasteiger partial charge >= 0.3 is 0 Å². The lowest BCUT2D eigenvalue weighted by atomic mass is 10.0. The van der Waals surface area contributed by atoms with Crippen LogP contribution in [0, 0.1) is 5.92 Å². The van der Waals surface area contributed by atoms with Gasteiger partial charge in [-0.15, -0.1) is 0 Å². The summed E-state index contributed by atoms with van der Waals surface area (Å²) >= 11 is 0. The lowest BCUT2D eigenvalue weighted by Crippen LogP contribution is -1.89. The van der Waals surface area contributed by atoms with Crippen LogP contribution < -0.4 is 0 Å². The van der Waals surface area contributed by atoms with Crippen LogP contribution >= 0.6 is 0 Å². The van der Waals surface area contributed by atoms with Gasteiger partial charge in [0.25, 0.3) is 0 Å². The van der Waals surface area contributed by atoms with Gasteiger partial charge in [0.05, 0.1) is 0 Å². The fourth-order valence-corrected chi connectivity index (χ4v) is 0.752. The third-order valence-corrected chi connectivity index (χ3v) is 1.76. The van der Waals surface area contributed by atoms with E-state index in [-0.39, 0.29) is 0 Å². The van der Waals surface area contributed by atoms with Crippen molar-refractivity contribution in [3.05, 3.63) is 12.2 Å². The first-order valence-corrected chi connectivity index (χ1v) is 3.92. The monoisotopic (exact) mass is 126 g/mol. The summed E-state index contributed by atoms with van der Waals surface area (Å²) in [5.41, 5.74) is 0. The molecule has 0 aliphatic rings. The molecule has 1 atom stereocenters. The molecule has 0 aliphatic carbocycles. The van der Waals surface area contributed by atoms with Crippen molar-refractivity contribution in [3.8, 4) is 0 Å². The first-order valence-electron chi connectivity index (χ1n) is 3.92. The van der Waals surface area contributed by atoms with Crippen LogP contribution in [0.3, 0.4) is 0 Å². The summed E-state index contributed by atoms with van der Waals surface area (Å²) in [5.74, 6) is 0.904. The molecule has 0 aromatic carbocycles. The molecule has 1 unspecified atom stereocenters. The van der Waals surface area contributed by atoms with E-state index in [0.29, 0.717) is 0 Å². The molecule has 0 saturated carbocycles. The van der Waals surface area contributed by atoms with Crippen LogP contribution in [0.5, 0.6) is 0 Å². The first kappa shape index (κ1) is 8.74. The van der Waals surface area contributed by atoms with Gasteiger partial charge < -0.3 is 0 Å². The minimum absolute atomic E-state index is 0.904. The van der Waals surface area contributed by atoms with Crippen molar-refractivity contribution < 1.29 is 0 Å². The number of hydrogen-bond acceptors (Lipinski definition) is 0. The zero-order valence-electron chi connectivity index (χ0n) is 6.85. The van der Waals surface area contributed by atoms with Crippen molar-refractivity contribution in [2.75, 3.05) is 0 Å². The Morgan fingerprint density at radius 2 is 2.11 bits per heavy atom. The Labute approximate surface area is 59.0 Å². The van der Waals surface area contributed by atoms with Crippen LogP contribution in [0.1, 0.15) is 40.0 Å². The zero-order valence-corrected chi connectivity index (χ0v) is 6.85. The molecule has 0 aliphatic heterocycles. The molecule has 0 fully saturated rings. The van der Waals surface area contributed by atoms with E-state index in [0.717, 1.165) is 5.92 Å².